The van der Waals surface area contributed by atoms with Crippen molar-refractivity contribution < 1.29 is 4.79 Å². The zero-order valence-electron chi connectivity index (χ0n) is 10.9. The maximum absolute atomic E-state index is 12.1. The molecular formula is C13H21ClN2OS. The molecule has 102 valence electrons. The lowest BCUT2D eigenvalue weighted by atomic mass is 10.1. The summed E-state index contributed by atoms with van der Waals surface area (Å²) in [6.45, 7) is 4.51. The smallest absolute Gasteiger partial charge is 0.228 e. The molecule has 1 aromatic rings. The molecule has 0 aromatic carbocycles. The van der Waals surface area contributed by atoms with E-state index in [2.05, 4.69) is 12.2 Å². The molecule has 0 aliphatic carbocycles. The molecule has 5 heteroatoms. The summed E-state index contributed by atoms with van der Waals surface area (Å²) in [4.78, 5) is 13.1. The van der Waals surface area contributed by atoms with Crippen LogP contribution in [0.15, 0.2) is 12.1 Å². The lowest BCUT2D eigenvalue weighted by Crippen LogP contribution is -2.41. The van der Waals surface area contributed by atoms with Crippen molar-refractivity contribution >= 4 is 28.8 Å². The van der Waals surface area contributed by atoms with Gasteiger partial charge in [-0.05, 0) is 25.5 Å². The summed E-state index contributed by atoms with van der Waals surface area (Å²) in [7, 11) is 0. The van der Waals surface area contributed by atoms with Crippen LogP contribution in [0.25, 0.3) is 0 Å². The van der Waals surface area contributed by atoms with Gasteiger partial charge in [-0.3, -0.25) is 4.79 Å². The average Bonchev–Trinajstić information content (AvgIpc) is 2.79. The van der Waals surface area contributed by atoms with Gasteiger partial charge in [-0.1, -0.05) is 31.4 Å². The van der Waals surface area contributed by atoms with Crippen molar-refractivity contribution in [2.45, 2.75) is 45.1 Å². The van der Waals surface area contributed by atoms with Crippen LogP contribution in [0.3, 0.4) is 0 Å². The van der Waals surface area contributed by atoms with Gasteiger partial charge in [0.05, 0.1) is 10.3 Å². The molecule has 3 nitrogen and oxygen atoms in total. The molecule has 3 N–H and O–H groups in total. The van der Waals surface area contributed by atoms with E-state index in [1.165, 1.54) is 11.3 Å². The number of rotatable bonds is 7. The van der Waals surface area contributed by atoms with Crippen LogP contribution in [0.5, 0.6) is 0 Å². The third-order valence-corrected chi connectivity index (χ3v) is 4.36. The zero-order chi connectivity index (χ0) is 13.5. The van der Waals surface area contributed by atoms with Crippen LogP contribution in [0.2, 0.25) is 4.34 Å². The number of hydrogen-bond acceptors (Lipinski definition) is 3. The number of halogens is 1. The Balaban J connectivity index is 2.53. The van der Waals surface area contributed by atoms with Gasteiger partial charge in [0.2, 0.25) is 5.91 Å². The Bertz CT molecular complexity index is 381. The van der Waals surface area contributed by atoms with Gasteiger partial charge in [0.15, 0.2) is 0 Å². The Morgan fingerprint density at radius 2 is 2.28 bits per heavy atom. The Morgan fingerprint density at radius 3 is 2.78 bits per heavy atom. The molecule has 0 radical (unpaired) electrons. The Kier molecular flexibility index (Phi) is 6.68. The highest BCUT2D eigenvalue weighted by Gasteiger charge is 2.19. The summed E-state index contributed by atoms with van der Waals surface area (Å²) < 4.78 is 0.714. The molecule has 0 bridgehead atoms. The van der Waals surface area contributed by atoms with E-state index in [0.717, 1.165) is 24.1 Å². The predicted octanol–water partition coefficient (Wildman–Crippen LogP) is 3.14. The van der Waals surface area contributed by atoms with Gasteiger partial charge >= 0.3 is 0 Å². The summed E-state index contributed by atoms with van der Waals surface area (Å²) >= 11 is 7.33. The van der Waals surface area contributed by atoms with E-state index in [-0.39, 0.29) is 17.9 Å². The van der Waals surface area contributed by atoms with Gasteiger partial charge in [-0.15, -0.1) is 11.3 Å². The van der Waals surface area contributed by atoms with Gasteiger partial charge in [0.25, 0.3) is 0 Å². The second-order valence-electron chi connectivity index (χ2n) is 4.45. The summed E-state index contributed by atoms with van der Waals surface area (Å²) in [5, 5.41) is 3.01. The lowest BCUT2D eigenvalue weighted by Gasteiger charge is -2.19. The molecule has 0 spiro atoms. The number of amides is 1. The Hall–Kier alpha value is -0.580. The summed E-state index contributed by atoms with van der Waals surface area (Å²) in [5.41, 5.74) is 5.67. The number of nitrogens with two attached hydrogens (primary N) is 1. The minimum Gasteiger partial charge on any atom is -0.352 e. The molecule has 0 saturated carbocycles. The number of hydrogen-bond donors (Lipinski definition) is 2. The van der Waals surface area contributed by atoms with Crippen molar-refractivity contribution in [3.05, 3.63) is 21.3 Å². The van der Waals surface area contributed by atoms with Crippen molar-refractivity contribution in [2.75, 3.05) is 6.54 Å². The van der Waals surface area contributed by atoms with Crippen molar-refractivity contribution in [1.29, 1.82) is 0 Å². The number of nitrogens with one attached hydrogen (secondary N) is 1. The first kappa shape index (κ1) is 15.5. The summed E-state index contributed by atoms with van der Waals surface area (Å²) in [6.07, 6.45) is 3.14. The molecule has 1 aromatic heterocycles. The normalized spacial score (nSPS) is 14.2. The molecule has 1 rings (SSSR count). The quantitative estimate of drug-likeness (QED) is 0.810. The molecule has 0 aliphatic rings. The molecule has 1 amide bonds. The number of thiophene rings is 1. The highest BCUT2D eigenvalue weighted by atomic mass is 35.5. The molecule has 0 saturated heterocycles. The fourth-order valence-electron chi connectivity index (χ4n) is 1.72. The van der Waals surface area contributed by atoms with Crippen LogP contribution in [0.4, 0.5) is 0 Å². The average molecular weight is 289 g/mol. The summed E-state index contributed by atoms with van der Waals surface area (Å²) in [6, 6.07) is 3.80. The Labute approximate surface area is 118 Å². The highest BCUT2D eigenvalue weighted by molar-refractivity contribution is 7.16. The highest BCUT2D eigenvalue weighted by Crippen LogP contribution is 2.28. The number of unbranched alkanes of at least 4 members (excludes halogenated alkanes) is 1. The standard InChI is InChI=1S/C13H21ClN2OS/c1-3-4-5-10(8-15)16-13(17)9(2)11-6-7-12(14)18-11/h6-7,9-10H,3-5,8,15H2,1-2H3,(H,16,17). The molecule has 1 heterocycles. The monoisotopic (exact) mass is 288 g/mol. The first-order valence-corrected chi connectivity index (χ1v) is 7.53. The predicted molar refractivity (Wildman–Crippen MR) is 78.3 cm³/mol. The van der Waals surface area contributed by atoms with E-state index in [0.29, 0.717) is 10.9 Å². The van der Waals surface area contributed by atoms with E-state index in [1.807, 2.05) is 19.1 Å². The topological polar surface area (TPSA) is 55.1 Å². The molecular weight excluding hydrogens is 268 g/mol. The molecule has 0 aliphatic heterocycles. The second kappa shape index (κ2) is 7.77. The maximum Gasteiger partial charge on any atom is 0.228 e. The largest absolute Gasteiger partial charge is 0.352 e. The summed E-state index contributed by atoms with van der Waals surface area (Å²) in [5.74, 6) is -0.141. The number of carbonyl (C=O) groups excluding carboxylic acids is 1. The third kappa shape index (κ3) is 4.59. The number of carbonyl (C=O) groups is 1. The van der Waals surface area contributed by atoms with Crippen molar-refractivity contribution in [3.63, 3.8) is 0 Å². The van der Waals surface area contributed by atoms with Gasteiger partial charge in [-0.25, -0.2) is 0 Å². The van der Waals surface area contributed by atoms with Gasteiger partial charge in [-0.2, -0.15) is 0 Å². The van der Waals surface area contributed by atoms with Gasteiger partial charge in [0.1, 0.15) is 0 Å². The second-order valence-corrected chi connectivity index (χ2v) is 6.19. The van der Waals surface area contributed by atoms with Crippen LogP contribution in [0.1, 0.15) is 43.9 Å². The van der Waals surface area contributed by atoms with Crippen LogP contribution in [-0.2, 0) is 4.79 Å². The van der Waals surface area contributed by atoms with E-state index >= 15 is 0 Å². The molecule has 0 fully saturated rings. The van der Waals surface area contributed by atoms with Gasteiger partial charge < -0.3 is 11.1 Å². The van der Waals surface area contributed by atoms with E-state index in [1.54, 1.807) is 0 Å². The minimum atomic E-state index is -0.168. The van der Waals surface area contributed by atoms with Crippen LogP contribution < -0.4 is 11.1 Å². The van der Waals surface area contributed by atoms with E-state index in [4.69, 9.17) is 17.3 Å². The van der Waals surface area contributed by atoms with Crippen LogP contribution >= 0.6 is 22.9 Å². The zero-order valence-corrected chi connectivity index (χ0v) is 12.5. The minimum absolute atomic E-state index is 0.0278. The maximum atomic E-state index is 12.1. The third-order valence-electron chi connectivity index (χ3n) is 2.95. The van der Waals surface area contributed by atoms with Gasteiger partial charge in [0, 0.05) is 17.5 Å². The van der Waals surface area contributed by atoms with Crippen molar-refractivity contribution in [1.82, 2.24) is 5.32 Å². The lowest BCUT2D eigenvalue weighted by molar-refractivity contribution is -0.122. The fraction of sp³-hybridized carbons (Fsp3) is 0.615. The SMILES string of the molecule is CCCCC(CN)NC(=O)C(C)c1ccc(Cl)s1. The van der Waals surface area contributed by atoms with Crippen LogP contribution in [0, 0.1) is 0 Å². The first-order valence-electron chi connectivity index (χ1n) is 6.34. The van der Waals surface area contributed by atoms with Crippen LogP contribution in [-0.4, -0.2) is 18.5 Å². The molecule has 2 atom stereocenters. The molecule has 2 unspecified atom stereocenters. The van der Waals surface area contributed by atoms with E-state index < -0.39 is 0 Å². The van der Waals surface area contributed by atoms with E-state index in [9.17, 15) is 4.79 Å². The fourth-order valence-corrected chi connectivity index (χ4v) is 2.83. The molecule has 18 heavy (non-hydrogen) atoms. The van der Waals surface area contributed by atoms with Crippen molar-refractivity contribution in [2.24, 2.45) is 5.73 Å². The first-order chi connectivity index (χ1) is 8.58. The Morgan fingerprint density at radius 1 is 1.56 bits per heavy atom. The van der Waals surface area contributed by atoms with Crippen molar-refractivity contribution in [3.8, 4) is 0 Å².